The quantitative estimate of drug-likeness (QED) is 0.754. The molecule has 13 heavy (non-hydrogen) atoms. The summed E-state index contributed by atoms with van der Waals surface area (Å²) in [6.45, 7) is 2.65. The van der Waals surface area contributed by atoms with Crippen LogP contribution in [0.5, 0.6) is 0 Å². The molecular weight excluding hydrogens is 182 g/mol. The highest BCUT2D eigenvalue weighted by atomic mass is 32.1. The van der Waals surface area contributed by atoms with Gasteiger partial charge in [0.1, 0.15) is 0 Å². The van der Waals surface area contributed by atoms with Gasteiger partial charge in [-0.05, 0) is 42.3 Å². The lowest BCUT2D eigenvalue weighted by atomic mass is 9.86. The molecule has 1 heterocycles. The van der Waals surface area contributed by atoms with Crippen molar-refractivity contribution in [3.63, 3.8) is 0 Å². The molecule has 0 bridgehead atoms. The van der Waals surface area contributed by atoms with E-state index in [1.165, 1.54) is 4.88 Å². The first-order valence-electron chi connectivity index (χ1n) is 4.68. The smallest absolute Gasteiger partial charge is 0.0948 e. The summed E-state index contributed by atoms with van der Waals surface area (Å²) in [5, 5.41) is 12.5. The van der Waals surface area contributed by atoms with Crippen molar-refractivity contribution in [2.45, 2.75) is 25.4 Å². The van der Waals surface area contributed by atoms with Crippen LogP contribution in [0.2, 0.25) is 0 Å². The normalized spacial score (nSPS) is 32.1. The van der Waals surface area contributed by atoms with Crippen LogP contribution < -0.4 is 5.73 Å². The standard InChI is InChI=1S/C10H15NOS/c1-7-6-9-8(2-5-13-9)10(7,12)3-4-11/h2,5,7,12H,3-4,6,11H2,1H3. The highest BCUT2D eigenvalue weighted by Crippen LogP contribution is 2.45. The van der Waals surface area contributed by atoms with Crippen molar-refractivity contribution >= 4 is 11.3 Å². The Hall–Kier alpha value is -0.380. The molecule has 3 heteroatoms. The third kappa shape index (κ3) is 1.23. The Morgan fingerprint density at radius 3 is 3.23 bits per heavy atom. The molecule has 0 saturated heterocycles. The molecule has 2 nitrogen and oxygen atoms in total. The van der Waals surface area contributed by atoms with E-state index in [1.807, 2.05) is 6.07 Å². The maximum Gasteiger partial charge on any atom is 0.0948 e. The number of hydrogen-bond donors (Lipinski definition) is 2. The van der Waals surface area contributed by atoms with E-state index in [1.54, 1.807) is 11.3 Å². The minimum Gasteiger partial charge on any atom is -0.385 e. The van der Waals surface area contributed by atoms with Crippen molar-refractivity contribution in [1.82, 2.24) is 0 Å². The Bertz CT molecular complexity index is 310. The second-order valence-electron chi connectivity index (χ2n) is 3.83. The van der Waals surface area contributed by atoms with Gasteiger partial charge in [-0.15, -0.1) is 11.3 Å². The van der Waals surface area contributed by atoms with Crippen molar-refractivity contribution in [3.05, 3.63) is 21.9 Å². The van der Waals surface area contributed by atoms with E-state index < -0.39 is 5.60 Å². The van der Waals surface area contributed by atoms with E-state index in [0.717, 1.165) is 12.0 Å². The van der Waals surface area contributed by atoms with Crippen LogP contribution in [0.1, 0.15) is 23.8 Å². The van der Waals surface area contributed by atoms with Gasteiger partial charge in [0.2, 0.25) is 0 Å². The zero-order valence-electron chi connectivity index (χ0n) is 7.79. The molecule has 1 aromatic rings. The predicted molar refractivity (Wildman–Crippen MR) is 54.8 cm³/mol. The van der Waals surface area contributed by atoms with Crippen LogP contribution in [-0.2, 0) is 12.0 Å². The lowest BCUT2D eigenvalue weighted by Crippen LogP contribution is -2.32. The zero-order chi connectivity index (χ0) is 9.47. The number of nitrogens with two attached hydrogens (primary N) is 1. The van der Waals surface area contributed by atoms with E-state index >= 15 is 0 Å². The van der Waals surface area contributed by atoms with Crippen LogP contribution in [-0.4, -0.2) is 11.7 Å². The van der Waals surface area contributed by atoms with Crippen molar-refractivity contribution in [2.24, 2.45) is 11.7 Å². The van der Waals surface area contributed by atoms with Gasteiger partial charge in [-0.25, -0.2) is 0 Å². The summed E-state index contributed by atoms with van der Waals surface area (Å²) in [5.41, 5.74) is 6.00. The Labute approximate surface area is 82.4 Å². The summed E-state index contributed by atoms with van der Waals surface area (Å²) >= 11 is 1.74. The summed E-state index contributed by atoms with van der Waals surface area (Å²) in [5.74, 6) is 0.318. The molecule has 1 aliphatic carbocycles. The fourth-order valence-electron chi connectivity index (χ4n) is 2.20. The van der Waals surface area contributed by atoms with Crippen molar-refractivity contribution in [3.8, 4) is 0 Å². The van der Waals surface area contributed by atoms with Gasteiger partial charge < -0.3 is 10.8 Å². The first kappa shape index (κ1) is 9.19. The Morgan fingerprint density at radius 2 is 2.54 bits per heavy atom. The number of fused-ring (bicyclic) bond motifs is 1. The summed E-state index contributed by atoms with van der Waals surface area (Å²) in [7, 11) is 0. The number of hydrogen-bond acceptors (Lipinski definition) is 3. The van der Waals surface area contributed by atoms with Crippen molar-refractivity contribution in [2.75, 3.05) is 6.54 Å². The third-order valence-electron chi connectivity index (χ3n) is 3.04. The van der Waals surface area contributed by atoms with Crippen LogP contribution in [0.25, 0.3) is 0 Å². The molecule has 0 fully saturated rings. The van der Waals surface area contributed by atoms with Gasteiger partial charge in [0.25, 0.3) is 0 Å². The molecule has 0 aromatic carbocycles. The second kappa shape index (κ2) is 3.08. The Balaban J connectivity index is 2.38. The average molecular weight is 197 g/mol. The number of aliphatic hydroxyl groups is 1. The van der Waals surface area contributed by atoms with Crippen molar-refractivity contribution < 1.29 is 5.11 Å². The maximum atomic E-state index is 10.4. The molecule has 72 valence electrons. The second-order valence-corrected chi connectivity index (χ2v) is 4.83. The predicted octanol–water partition coefficient (Wildman–Crippen LogP) is 1.48. The van der Waals surface area contributed by atoms with Crippen LogP contribution >= 0.6 is 11.3 Å². The van der Waals surface area contributed by atoms with Gasteiger partial charge >= 0.3 is 0 Å². The van der Waals surface area contributed by atoms with Crippen LogP contribution in [0, 0.1) is 5.92 Å². The van der Waals surface area contributed by atoms with Gasteiger partial charge in [-0.3, -0.25) is 0 Å². The van der Waals surface area contributed by atoms with E-state index in [4.69, 9.17) is 5.73 Å². The van der Waals surface area contributed by atoms with E-state index in [2.05, 4.69) is 12.3 Å². The molecule has 0 saturated carbocycles. The fraction of sp³-hybridized carbons (Fsp3) is 0.600. The minimum absolute atomic E-state index is 0.318. The van der Waals surface area contributed by atoms with Crippen molar-refractivity contribution in [1.29, 1.82) is 0 Å². The summed E-state index contributed by atoms with van der Waals surface area (Å²) in [4.78, 5) is 1.34. The van der Waals surface area contributed by atoms with Crippen LogP contribution in [0.15, 0.2) is 11.4 Å². The molecular formula is C10H15NOS. The minimum atomic E-state index is -0.649. The molecule has 3 N–H and O–H groups in total. The highest BCUT2D eigenvalue weighted by molar-refractivity contribution is 7.10. The molecule has 0 aliphatic heterocycles. The maximum absolute atomic E-state index is 10.4. The largest absolute Gasteiger partial charge is 0.385 e. The molecule has 2 atom stereocenters. The molecule has 2 rings (SSSR count). The molecule has 2 unspecified atom stereocenters. The Morgan fingerprint density at radius 1 is 1.77 bits per heavy atom. The van der Waals surface area contributed by atoms with Gasteiger partial charge in [0.15, 0.2) is 0 Å². The number of rotatable bonds is 2. The monoisotopic (exact) mass is 197 g/mol. The SMILES string of the molecule is CC1Cc2sccc2C1(O)CCN. The number of thiophene rings is 1. The Kier molecular flexibility index (Phi) is 2.18. The van der Waals surface area contributed by atoms with Gasteiger partial charge in [-0.2, -0.15) is 0 Å². The molecule has 0 spiro atoms. The van der Waals surface area contributed by atoms with Gasteiger partial charge in [-0.1, -0.05) is 6.92 Å². The first-order chi connectivity index (χ1) is 6.18. The summed E-state index contributed by atoms with van der Waals surface area (Å²) in [6.07, 6.45) is 1.68. The third-order valence-corrected chi connectivity index (χ3v) is 3.99. The van der Waals surface area contributed by atoms with Crippen LogP contribution in [0.3, 0.4) is 0 Å². The van der Waals surface area contributed by atoms with Gasteiger partial charge in [0, 0.05) is 4.88 Å². The lowest BCUT2D eigenvalue weighted by molar-refractivity contribution is -0.0101. The molecule has 1 aliphatic rings. The summed E-state index contributed by atoms with van der Waals surface area (Å²) < 4.78 is 0. The highest BCUT2D eigenvalue weighted by Gasteiger charge is 2.42. The average Bonchev–Trinajstić information content (AvgIpc) is 2.59. The molecule has 0 amide bonds. The van der Waals surface area contributed by atoms with E-state index in [-0.39, 0.29) is 0 Å². The topological polar surface area (TPSA) is 46.2 Å². The van der Waals surface area contributed by atoms with E-state index in [9.17, 15) is 5.11 Å². The fourth-order valence-corrected chi connectivity index (χ4v) is 3.28. The summed E-state index contributed by atoms with van der Waals surface area (Å²) in [6, 6.07) is 2.04. The first-order valence-corrected chi connectivity index (χ1v) is 5.55. The van der Waals surface area contributed by atoms with E-state index in [0.29, 0.717) is 18.9 Å². The molecule has 0 radical (unpaired) electrons. The van der Waals surface area contributed by atoms with Gasteiger partial charge in [0.05, 0.1) is 5.60 Å². The zero-order valence-corrected chi connectivity index (χ0v) is 8.60. The lowest BCUT2D eigenvalue weighted by Gasteiger charge is -2.27. The van der Waals surface area contributed by atoms with Crippen LogP contribution in [0.4, 0.5) is 0 Å². The molecule has 1 aromatic heterocycles.